The Bertz CT molecular complexity index is 352. The van der Waals surface area contributed by atoms with Crippen molar-refractivity contribution in [3.63, 3.8) is 0 Å². The summed E-state index contributed by atoms with van der Waals surface area (Å²) in [6, 6.07) is -0.604. The molecule has 2 aliphatic rings. The lowest BCUT2D eigenvalue weighted by Gasteiger charge is -2.50. The van der Waals surface area contributed by atoms with Gasteiger partial charge >= 0.3 is 6.03 Å². The molecule has 2 fully saturated rings. The average Bonchev–Trinajstić information content (AvgIpc) is 2.25. The Morgan fingerprint density at radius 2 is 2.24 bits per heavy atom. The van der Waals surface area contributed by atoms with Crippen molar-refractivity contribution in [3.05, 3.63) is 0 Å². The molecule has 0 aromatic rings. The Kier molecular flexibility index (Phi) is 3.12. The molecule has 2 amide bonds. The van der Waals surface area contributed by atoms with E-state index in [-0.39, 0.29) is 11.3 Å². The third-order valence-corrected chi connectivity index (χ3v) is 4.48. The molecule has 3 atom stereocenters. The largest absolute Gasteiger partial charge is 0.380 e. The van der Waals surface area contributed by atoms with Crippen LogP contribution in [-0.4, -0.2) is 25.0 Å². The normalized spacial score (nSPS) is 37.8. The Morgan fingerprint density at radius 1 is 1.53 bits per heavy atom. The van der Waals surface area contributed by atoms with Crippen LogP contribution in [0.25, 0.3) is 0 Å². The maximum atomic E-state index is 10.8. The number of hydrazone groups is 1. The average molecular weight is 239 g/mol. The number of nitrogens with two attached hydrogens (primary N) is 1. The van der Waals surface area contributed by atoms with Crippen LogP contribution in [0, 0.1) is 23.2 Å². The van der Waals surface area contributed by atoms with E-state index in [1.807, 2.05) is 0 Å². The van der Waals surface area contributed by atoms with E-state index in [1.165, 1.54) is 0 Å². The first-order valence-electron chi connectivity index (χ1n) is 6.13. The van der Waals surface area contributed by atoms with Crippen LogP contribution in [-0.2, 0) is 4.74 Å². The minimum atomic E-state index is -0.604. The molecular weight excluding hydrogens is 218 g/mol. The molecule has 0 aromatic carbocycles. The standard InChI is InChI=1S/C12H21N3O2/c1-7-4-8-5-17-6-9(12(7,2)3)10(8)14-15-11(13)16/h7-9H,4-6H2,1-3H3,(H3,13,15,16)/b14-10+. The van der Waals surface area contributed by atoms with Crippen molar-refractivity contribution >= 4 is 11.7 Å². The first-order chi connectivity index (χ1) is 7.93. The monoisotopic (exact) mass is 239 g/mol. The molecule has 0 aromatic heterocycles. The summed E-state index contributed by atoms with van der Waals surface area (Å²) >= 11 is 0. The Morgan fingerprint density at radius 3 is 2.88 bits per heavy atom. The van der Waals surface area contributed by atoms with Crippen LogP contribution in [0.2, 0.25) is 0 Å². The molecule has 1 aliphatic carbocycles. The second-order valence-corrected chi connectivity index (χ2v) is 5.76. The van der Waals surface area contributed by atoms with E-state index in [1.54, 1.807) is 0 Å². The Hall–Kier alpha value is -1.10. The van der Waals surface area contributed by atoms with Gasteiger partial charge in [0.1, 0.15) is 0 Å². The van der Waals surface area contributed by atoms with Crippen molar-refractivity contribution in [1.29, 1.82) is 0 Å². The van der Waals surface area contributed by atoms with E-state index in [0.717, 1.165) is 12.1 Å². The van der Waals surface area contributed by atoms with Gasteiger partial charge in [-0.3, -0.25) is 0 Å². The van der Waals surface area contributed by atoms with E-state index < -0.39 is 6.03 Å². The number of carbonyl (C=O) groups excluding carboxylic acids is 1. The lowest BCUT2D eigenvalue weighted by atomic mass is 9.58. The Balaban J connectivity index is 2.26. The number of nitrogens with one attached hydrogen (secondary N) is 1. The van der Waals surface area contributed by atoms with Crippen molar-refractivity contribution < 1.29 is 9.53 Å². The van der Waals surface area contributed by atoms with Crippen LogP contribution >= 0.6 is 0 Å². The summed E-state index contributed by atoms with van der Waals surface area (Å²) in [7, 11) is 0. The molecular formula is C12H21N3O2. The molecule has 5 nitrogen and oxygen atoms in total. The van der Waals surface area contributed by atoms with E-state index in [0.29, 0.717) is 25.0 Å². The van der Waals surface area contributed by atoms with Gasteiger partial charge in [0.05, 0.1) is 13.2 Å². The van der Waals surface area contributed by atoms with Crippen LogP contribution in [0.15, 0.2) is 5.10 Å². The van der Waals surface area contributed by atoms with Gasteiger partial charge < -0.3 is 10.5 Å². The number of rotatable bonds is 1. The first-order valence-corrected chi connectivity index (χ1v) is 6.13. The van der Waals surface area contributed by atoms with Crippen LogP contribution in [0.1, 0.15) is 27.2 Å². The molecule has 3 N–H and O–H groups in total. The number of ether oxygens (including phenoxy) is 1. The number of hydrogen-bond acceptors (Lipinski definition) is 3. The van der Waals surface area contributed by atoms with E-state index in [9.17, 15) is 4.79 Å². The second-order valence-electron chi connectivity index (χ2n) is 5.76. The van der Waals surface area contributed by atoms with Crippen LogP contribution in [0.4, 0.5) is 4.79 Å². The van der Waals surface area contributed by atoms with Crippen LogP contribution < -0.4 is 11.2 Å². The summed E-state index contributed by atoms with van der Waals surface area (Å²) < 4.78 is 5.63. The highest BCUT2D eigenvalue weighted by molar-refractivity contribution is 5.92. The molecule has 2 rings (SSSR count). The highest BCUT2D eigenvalue weighted by atomic mass is 16.5. The smallest absolute Gasteiger partial charge is 0.332 e. The summed E-state index contributed by atoms with van der Waals surface area (Å²) in [5, 5.41) is 4.21. The molecule has 5 heteroatoms. The lowest BCUT2D eigenvalue weighted by molar-refractivity contribution is -0.0189. The van der Waals surface area contributed by atoms with Gasteiger partial charge in [0, 0.05) is 17.5 Å². The minimum absolute atomic E-state index is 0.148. The van der Waals surface area contributed by atoms with Crippen LogP contribution in [0.3, 0.4) is 0 Å². The summed E-state index contributed by atoms with van der Waals surface area (Å²) in [5.74, 6) is 1.23. The fraction of sp³-hybridized carbons (Fsp3) is 0.833. The predicted octanol–water partition coefficient (Wildman–Crippen LogP) is 1.34. The number of hydrogen-bond donors (Lipinski definition) is 2. The van der Waals surface area contributed by atoms with Crippen molar-refractivity contribution in [2.45, 2.75) is 27.2 Å². The van der Waals surface area contributed by atoms with E-state index in [4.69, 9.17) is 10.5 Å². The molecule has 1 aliphatic heterocycles. The molecule has 17 heavy (non-hydrogen) atoms. The van der Waals surface area contributed by atoms with E-state index >= 15 is 0 Å². The molecule has 2 bridgehead atoms. The maximum Gasteiger partial charge on any atom is 0.332 e. The molecule has 96 valence electrons. The second kappa shape index (κ2) is 4.29. The number of amides is 2. The highest BCUT2D eigenvalue weighted by Gasteiger charge is 2.48. The first kappa shape index (κ1) is 12.4. The van der Waals surface area contributed by atoms with Gasteiger partial charge in [0.2, 0.25) is 0 Å². The number of fused-ring (bicyclic) bond motifs is 2. The summed E-state index contributed by atoms with van der Waals surface area (Å²) in [4.78, 5) is 10.8. The number of primary amides is 1. The molecule has 3 unspecified atom stereocenters. The van der Waals surface area contributed by atoms with Gasteiger partial charge in [-0.1, -0.05) is 20.8 Å². The summed E-state index contributed by atoms with van der Waals surface area (Å²) in [5.41, 5.74) is 8.64. The number of urea groups is 1. The fourth-order valence-electron chi connectivity index (χ4n) is 2.93. The zero-order valence-electron chi connectivity index (χ0n) is 10.7. The SMILES string of the molecule is CC1CC2COCC(/C2=N/NC(N)=O)C1(C)C. The Labute approximate surface area is 102 Å². The van der Waals surface area contributed by atoms with Crippen molar-refractivity contribution in [2.24, 2.45) is 34.0 Å². The third kappa shape index (κ3) is 2.16. The molecule has 0 radical (unpaired) electrons. The van der Waals surface area contributed by atoms with Gasteiger partial charge in [-0.25, -0.2) is 10.2 Å². The topological polar surface area (TPSA) is 76.7 Å². The number of nitrogens with zero attached hydrogens (tertiary/aromatic N) is 1. The quantitative estimate of drug-likeness (QED) is 0.677. The summed E-state index contributed by atoms with van der Waals surface area (Å²) in [6.45, 7) is 8.16. The minimum Gasteiger partial charge on any atom is -0.380 e. The van der Waals surface area contributed by atoms with Crippen molar-refractivity contribution in [3.8, 4) is 0 Å². The molecule has 1 saturated carbocycles. The van der Waals surface area contributed by atoms with E-state index in [2.05, 4.69) is 31.3 Å². The predicted molar refractivity (Wildman–Crippen MR) is 65.5 cm³/mol. The third-order valence-electron chi connectivity index (χ3n) is 4.48. The highest BCUT2D eigenvalue weighted by Crippen LogP contribution is 2.47. The maximum absolute atomic E-state index is 10.8. The zero-order valence-corrected chi connectivity index (χ0v) is 10.7. The fourth-order valence-corrected chi connectivity index (χ4v) is 2.93. The van der Waals surface area contributed by atoms with Gasteiger partial charge in [-0.15, -0.1) is 0 Å². The van der Waals surface area contributed by atoms with Gasteiger partial charge in [-0.05, 0) is 17.8 Å². The van der Waals surface area contributed by atoms with Crippen LogP contribution in [0.5, 0.6) is 0 Å². The van der Waals surface area contributed by atoms with Gasteiger partial charge in [-0.2, -0.15) is 5.10 Å². The van der Waals surface area contributed by atoms with Gasteiger partial charge in [0.15, 0.2) is 0 Å². The van der Waals surface area contributed by atoms with Gasteiger partial charge in [0.25, 0.3) is 0 Å². The molecule has 1 heterocycles. The van der Waals surface area contributed by atoms with Crippen molar-refractivity contribution in [1.82, 2.24) is 5.43 Å². The molecule has 0 spiro atoms. The van der Waals surface area contributed by atoms with Crippen molar-refractivity contribution in [2.75, 3.05) is 13.2 Å². The lowest BCUT2D eigenvalue weighted by Crippen LogP contribution is -2.52. The zero-order chi connectivity index (χ0) is 12.6. The molecule has 1 saturated heterocycles. The summed E-state index contributed by atoms with van der Waals surface area (Å²) in [6.07, 6.45) is 1.06. The number of carbonyl (C=O) groups is 1.